The van der Waals surface area contributed by atoms with Crippen molar-refractivity contribution in [3.63, 3.8) is 0 Å². The summed E-state index contributed by atoms with van der Waals surface area (Å²) in [5, 5.41) is 9.30. The standard InChI is InChI=1S/C21H25N3O2S/c1-14-5-8-16(9-6-14)26-12-4-3-11-24-21(25)19-17-10-7-15(2)13-18(17)27-20(19)22-23-24/h5-6,8-9,15H,3-4,7,10-13H2,1-2H3. The van der Waals surface area contributed by atoms with E-state index in [0.717, 1.165) is 48.1 Å². The van der Waals surface area contributed by atoms with E-state index in [9.17, 15) is 4.79 Å². The van der Waals surface area contributed by atoms with Gasteiger partial charge in [-0.05, 0) is 62.6 Å². The fraction of sp³-hybridized carbons (Fsp3) is 0.476. The quantitative estimate of drug-likeness (QED) is 0.600. The number of nitrogens with zero attached hydrogens (tertiary/aromatic N) is 3. The van der Waals surface area contributed by atoms with Crippen LogP contribution < -0.4 is 10.3 Å². The van der Waals surface area contributed by atoms with Gasteiger partial charge in [-0.3, -0.25) is 4.79 Å². The molecule has 2 heterocycles. The van der Waals surface area contributed by atoms with Gasteiger partial charge < -0.3 is 4.74 Å². The van der Waals surface area contributed by atoms with Gasteiger partial charge in [-0.2, -0.15) is 0 Å². The van der Waals surface area contributed by atoms with E-state index in [2.05, 4.69) is 24.2 Å². The third kappa shape index (κ3) is 3.90. The van der Waals surface area contributed by atoms with E-state index in [0.29, 0.717) is 19.1 Å². The Balaban J connectivity index is 1.38. The molecule has 6 heteroatoms. The molecule has 0 saturated heterocycles. The minimum Gasteiger partial charge on any atom is -0.494 e. The molecular formula is C21H25N3O2S. The summed E-state index contributed by atoms with van der Waals surface area (Å²) in [5.41, 5.74) is 2.47. The second-order valence-corrected chi connectivity index (χ2v) is 8.60. The number of thiophene rings is 1. The maximum Gasteiger partial charge on any atom is 0.278 e. The molecule has 3 aromatic rings. The Morgan fingerprint density at radius 3 is 2.89 bits per heavy atom. The zero-order valence-electron chi connectivity index (χ0n) is 15.9. The van der Waals surface area contributed by atoms with Gasteiger partial charge in [-0.15, -0.1) is 16.4 Å². The second-order valence-electron chi connectivity index (χ2n) is 7.52. The van der Waals surface area contributed by atoms with Gasteiger partial charge in [0.15, 0.2) is 4.83 Å². The van der Waals surface area contributed by atoms with E-state index in [1.165, 1.54) is 20.7 Å². The first-order valence-corrected chi connectivity index (χ1v) is 10.5. The minimum atomic E-state index is 0.0199. The third-order valence-electron chi connectivity index (χ3n) is 5.24. The fourth-order valence-corrected chi connectivity index (χ4v) is 4.94. The van der Waals surface area contributed by atoms with Crippen molar-refractivity contribution in [2.75, 3.05) is 6.61 Å². The van der Waals surface area contributed by atoms with Crippen molar-refractivity contribution in [2.24, 2.45) is 5.92 Å². The van der Waals surface area contributed by atoms with Gasteiger partial charge in [0.2, 0.25) is 0 Å². The van der Waals surface area contributed by atoms with Gasteiger partial charge in [-0.1, -0.05) is 29.8 Å². The van der Waals surface area contributed by atoms with Crippen LogP contribution in [0, 0.1) is 12.8 Å². The summed E-state index contributed by atoms with van der Waals surface area (Å²) in [4.78, 5) is 15.0. The van der Waals surface area contributed by atoms with Crippen molar-refractivity contribution in [2.45, 2.75) is 52.5 Å². The average Bonchev–Trinajstić information content (AvgIpc) is 3.03. The smallest absolute Gasteiger partial charge is 0.278 e. The molecule has 1 aliphatic carbocycles. The summed E-state index contributed by atoms with van der Waals surface area (Å²) in [6.45, 7) is 5.56. The highest BCUT2D eigenvalue weighted by Crippen LogP contribution is 2.35. The molecule has 142 valence electrons. The SMILES string of the molecule is Cc1ccc(OCCCCn2nnc3sc4c(c3c2=O)CCC(C)C4)cc1. The molecule has 0 amide bonds. The normalized spacial score (nSPS) is 16.4. The Kier molecular flexibility index (Phi) is 5.25. The topological polar surface area (TPSA) is 57.0 Å². The van der Waals surface area contributed by atoms with Crippen molar-refractivity contribution in [3.05, 3.63) is 50.6 Å². The molecule has 1 unspecified atom stereocenters. The van der Waals surface area contributed by atoms with Gasteiger partial charge in [0, 0.05) is 11.4 Å². The van der Waals surface area contributed by atoms with Gasteiger partial charge in [0.25, 0.3) is 5.56 Å². The number of hydrogen-bond acceptors (Lipinski definition) is 5. The van der Waals surface area contributed by atoms with E-state index < -0.39 is 0 Å². The number of fused-ring (bicyclic) bond motifs is 3. The van der Waals surface area contributed by atoms with E-state index >= 15 is 0 Å². The molecule has 0 fully saturated rings. The fourth-order valence-electron chi connectivity index (χ4n) is 3.63. The van der Waals surface area contributed by atoms with E-state index in [1.807, 2.05) is 24.3 Å². The molecule has 1 atom stereocenters. The van der Waals surface area contributed by atoms with Crippen LogP contribution in [0.1, 0.15) is 42.2 Å². The molecule has 1 aromatic carbocycles. The van der Waals surface area contributed by atoms with Crippen molar-refractivity contribution in [1.29, 1.82) is 0 Å². The first-order valence-electron chi connectivity index (χ1n) is 9.69. The van der Waals surface area contributed by atoms with Crippen molar-refractivity contribution in [1.82, 2.24) is 15.0 Å². The highest BCUT2D eigenvalue weighted by atomic mass is 32.1. The van der Waals surface area contributed by atoms with Crippen molar-refractivity contribution in [3.8, 4) is 5.75 Å². The van der Waals surface area contributed by atoms with E-state index in [-0.39, 0.29) is 5.56 Å². The zero-order valence-corrected chi connectivity index (χ0v) is 16.7. The average molecular weight is 384 g/mol. The van der Waals surface area contributed by atoms with Crippen molar-refractivity contribution < 1.29 is 4.74 Å². The van der Waals surface area contributed by atoms with Gasteiger partial charge in [-0.25, -0.2) is 4.68 Å². The summed E-state index contributed by atoms with van der Waals surface area (Å²) in [7, 11) is 0. The van der Waals surface area contributed by atoms with Crippen LogP contribution in [0.15, 0.2) is 29.1 Å². The Hall–Kier alpha value is -2.21. The summed E-state index contributed by atoms with van der Waals surface area (Å²) in [5.74, 6) is 1.58. The molecule has 0 spiro atoms. The summed E-state index contributed by atoms with van der Waals surface area (Å²) in [6.07, 6.45) is 4.92. The molecule has 27 heavy (non-hydrogen) atoms. The highest BCUT2D eigenvalue weighted by Gasteiger charge is 2.23. The van der Waals surface area contributed by atoms with Crippen LogP contribution in [0.3, 0.4) is 0 Å². The minimum absolute atomic E-state index is 0.0199. The lowest BCUT2D eigenvalue weighted by molar-refractivity contribution is 0.300. The molecule has 0 N–H and O–H groups in total. The van der Waals surface area contributed by atoms with Crippen molar-refractivity contribution >= 4 is 21.6 Å². The van der Waals surface area contributed by atoms with E-state index in [1.54, 1.807) is 11.3 Å². The summed E-state index contributed by atoms with van der Waals surface area (Å²) < 4.78 is 7.28. The lowest BCUT2D eigenvalue weighted by Crippen LogP contribution is -2.25. The predicted octanol–water partition coefficient (Wildman–Crippen LogP) is 4.15. The second kappa shape index (κ2) is 7.80. The predicted molar refractivity (Wildman–Crippen MR) is 109 cm³/mol. The maximum atomic E-state index is 12.9. The Morgan fingerprint density at radius 2 is 2.07 bits per heavy atom. The first-order chi connectivity index (χ1) is 13.1. The molecule has 2 aromatic heterocycles. The molecule has 0 bridgehead atoms. The van der Waals surface area contributed by atoms with Gasteiger partial charge in [0.1, 0.15) is 5.75 Å². The molecule has 5 nitrogen and oxygen atoms in total. The van der Waals surface area contributed by atoms with Crippen LogP contribution >= 0.6 is 11.3 Å². The molecular weight excluding hydrogens is 358 g/mol. The number of hydrogen-bond donors (Lipinski definition) is 0. The Morgan fingerprint density at radius 1 is 1.26 bits per heavy atom. The zero-order chi connectivity index (χ0) is 18.8. The number of aromatic nitrogens is 3. The summed E-state index contributed by atoms with van der Waals surface area (Å²) in [6, 6.07) is 8.06. The number of benzene rings is 1. The van der Waals surface area contributed by atoms with Gasteiger partial charge in [0.05, 0.1) is 12.0 Å². The lowest BCUT2D eigenvalue weighted by Gasteiger charge is -2.17. The Bertz CT molecular complexity index is 991. The van der Waals surface area contributed by atoms with Crippen LogP contribution in [0.25, 0.3) is 10.2 Å². The van der Waals surface area contributed by atoms with Crippen LogP contribution in [-0.4, -0.2) is 21.6 Å². The molecule has 0 radical (unpaired) electrons. The van der Waals surface area contributed by atoms with Gasteiger partial charge >= 0.3 is 0 Å². The Labute approximate surface area is 163 Å². The molecule has 4 rings (SSSR count). The van der Waals surface area contributed by atoms with Crippen LogP contribution in [0.5, 0.6) is 5.75 Å². The van der Waals surface area contributed by atoms with Crippen LogP contribution in [-0.2, 0) is 19.4 Å². The molecule has 0 aliphatic heterocycles. The lowest BCUT2D eigenvalue weighted by atomic mass is 9.89. The molecule has 0 saturated carbocycles. The highest BCUT2D eigenvalue weighted by molar-refractivity contribution is 7.18. The maximum absolute atomic E-state index is 12.9. The van der Waals surface area contributed by atoms with Crippen LogP contribution in [0.4, 0.5) is 0 Å². The first kappa shape index (κ1) is 18.2. The number of unbranched alkanes of at least 4 members (excludes halogenated alkanes) is 1. The third-order valence-corrected chi connectivity index (χ3v) is 6.38. The summed E-state index contributed by atoms with van der Waals surface area (Å²) >= 11 is 1.65. The number of aryl methyl sites for hydroxylation is 3. The van der Waals surface area contributed by atoms with Crippen LogP contribution in [0.2, 0.25) is 0 Å². The molecule has 1 aliphatic rings. The largest absolute Gasteiger partial charge is 0.494 e. The van der Waals surface area contributed by atoms with E-state index in [4.69, 9.17) is 4.74 Å². The number of rotatable bonds is 6. The monoisotopic (exact) mass is 383 g/mol. The number of ether oxygens (including phenoxy) is 1.